The van der Waals surface area contributed by atoms with Crippen LogP contribution in [0, 0.1) is 12.3 Å². The number of hydrogen-bond donors (Lipinski definition) is 1. The molecular weight excluding hydrogens is 254 g/mol. The largest absolute Gasteiger partial charge is 0.396 e. The van der Waals surface area contributed by atoms with E-state index < -0.39 is 0 Å². The molecule has 1 aromatic rings. The molecule has 0 bridgehead atoms. The number of aliphatic hydroxyl groups is 1. The Morgan fingerprint density at radius 1 is 1.30 bits per heavy atom. The van der Waals surface area contributed by atoms with Crippen molar-refractivity contribution < 1.29 is 9.84 Å². The highest BCUT2D eigenvalue weighted by Gasteiger charge is 2.18. The van der Waals surface area contributed by atoms with Crippen LogP contribution in [0.5, 0.6) is 0 Å². The monoisotopic (exact) mass is 281 g/mol. The minimum absolute atomic E-state index is 0.162. The first-order valence-electron chi connectivity index (χ1n) is 7.05. The van der Waals surface area contributed by atoms with Crippen molar-refractivity contribution in [1.82, 2.24) is 9.97 Å². The molecule has 1 rings (SSSR count). The maximum Gasteiger partial charge on any atom is 0.156 e. The minimum atomic E-state index is 0.162. The zero-order valence-electron chi connectivity index (χ0n) is 13.3. The Balaban J connectivity index is 2.99. The predicted octanol–water partition coefficient (Wildman–Crippen LogP) is 2.17. The molecule has 1 aromatic heterocycles. The molecule has 0 fully saturated rings. The molecule has 5 heteroatoms. The molecular formula is C15H27N3O2. The molecule has 114 valence electrons. The van der Waals surface area contributed by atoms with Gasteiger partial charge in [0.2, 0.25) is 0 Å². The zero-order chi connectivity index (χ0) is 15.2. The molecule has 0 amide bonds. The number of aliphatic hydroxyl groups excluding tert-OH is 1. The summed E-state index contributed by atoms with van der Waals surface area (Å²) in [4.78, 5) is 11.2. The summed E-state index contributed by atoms with van der Waals surface area (Å²) in [5, 5.41) is 9.07. The van der Waals surface area contributed by atoms with E-state index in [0.29, 0.717) is 12.4 Å². The van der Waals surface area contributed by atoms with E-state index >= 15 is 0 Å². The third-order valence-electron chi connectivity index (χ3n) is 2.74. The molecule has 0 aliphatic carbocycles. The summed E-state index contributed by atoms with van der Waals surface area (Å²) in [6.07, 6.45) is 0.735. The molecule has 0 aliphatic rings. The third-order valence-corrected chi connectivity index (χ3v) is 2.74. The van der Waals surface area contributed by atoms with Gasteiger partial charge in [-0.15, -0.1) is 0 Å². The van der Waals surface area contributed by atoms with Crippen LogP contribution in [0.1, 0.15) is 38.7 Å². The van der Waals surface area contributed by atoms with Gasteiger partial charge in [-0.25, -0.2) is 9.97 Å². The molecule has 1 N–H and O–H groups in total. The van der Waals surface area contributed by atoms with Crippen molar-refractivity contribution in [2.24, 2.45) is 5.41 Å². The van der Waals surface area contributed by atoms with Crippen molar-refractivity contribution in [3.05, 3.63) is 17.6 Å². The van der Waals surface area contributed by atoms with Crippen molar-refractivity contribution in [1.29, 1.82) is 0 Å². The Bertz CT molecular complexity index is 416. The van der Waals surface area contributed by atoms with Gasteiger partial charge in [0.05, 0.1) is 0 Å². The molecule has 5 nitrogen and oxygen atoms in total. The fraction of sp³-hybridized carbons (Fsp3) is 0.733. The minimum Gasteiger partial charge on any atom is -0.396 e. The molecule has 20 heavy (non-hydrogen) atoms. The standard InChI is InChI=1S/C15H27N3O2/c1-12-9-14(17-13(16-12)10-20-5)18(7-6-8-19)11-15(2,3)4/h9,19H,6-8,10-11H2,1-5H3. The lowest BCUT2D eigenvalue weighted by Gasteiger charge is -2.31. The highest BCUT2D eigenvalue weighted by molar-refractivity contribution is 5.40. The Kier molecular flexibility index (Phi) is 6.36. The van der Waals surface area contributed by atoms with E-state index in [2.05, 4.69) is 35.6 Å². The number of anilines is 1. The van der Waals surface area contributed by atoms with Crippen LogP contribution in [-0.4, -0.2) is 41.9 Å². The maximum atomic E-state index is 9.07. The number of nitrogens with zero attached hydrogens (tertiary/aromatic N) is 3. The van der Waals surface area contributed by atoms with Crippen LogP contribution in [0.2, 0.25) is 0 Å². The highest BCUT2D eigenvalue weighted by Crippen LogP contribution is 2.21. The molecule has 1 heterocycles. The van der Waals surface area contributed by atoms with Gasteiger partial charge in [-0.1, -0.05) is 20.8 Å². The van der Waals surface area contributed by atoms with Gasteiger partial charge < -0.3 is 14.7 Å². The normalized spacial score (nSPS) is 11.7. The van der Waals surface area contributed by atoms with Gasteiger partial charge in [-0.05, 0) is 18.8 Å². The van der Waals surface area contributed by atoms with E-state index in [1.165, 1.54) is 0 Å². The van der Waals surface area contributed by atoms with Gasteiger partial charge in [-0.2, -0.15) is 0 Å². The average Bonchev–Trinajstić information content (AvgIpc) is 2.32. The van der Waals surface area contributed by atoms with Crippen LogP contribution < -0.4 is 4.90 Å². The first-order valence-corrected chi connectivity index (χ1v) is 7.05. The smallest absolute Gasteiger partial charge is 0.156 e. The van der Waals surface area contributed by atoms with Crippen LogP contribution in [0.3, 0.4) is 0 Å². The van der Waals surface area contributed by atoms with Gasteiger partial charge in [0.25, 0.3) is 0 Å². The van der Waals surface area contributed by atoms with Crippen LogP contribution in [0.4, 0.5) is 5.82 Å². The van der Waals surface area contributed by atoms with E-state index in [9.17, 15) is 0 Å². The fourth-order valence-electron chi connectivity index (χ4n) is 2.08. The van der Waals surface area contributed by atoms with E-state index in [1.54, 1.807) is 7.11 Å². The summed E-state index contributed by atoms with van der Waals surface area (Å²) >= 11 is 0. The lowest BCUT2D eigenvalue weighted by Crippen LogP contribution is -2.35. The summed E-state index contributed by atoms with van der Waals surface area (Å²) in [5.74, 6) is 1.61. The summed E-state index contributed by atoms with van der Waals surface area (Å²) in [6.45, 7) is 10.8. The predicted molar refractivity (Wildman–Crippen MR) is 80.9 cm³/mol. The fourth-order valence-corrected chi connectivity index (χ4v) is 2.08. The Morgan fingerprint density at radius 2 is 2.00 bits per heavy atom. The van der Waals surface area contributed by atoms with E-state index in [4.69, 9.17) is 9.84 Å². The second kappa shape index (κ2) is 7.55. The number of hydrogen-bond acceptors (Lipinski definition) is 5. The van der Waals surface area contributed by atoms with Crippen molar-refractivity contribution in [3.8, 4) is 0 Å². The zero-order valence-corrected chi connectivity index (χ0v) is 13.3. The summed E-state index contributed by atoms with van der Waals surface area (Å²) < 4.78 is 5.12. The quantitative estimate of drug-likeness (QED) is 0.830. The van der Waals surface area contributed by atoms with Crippen LogP contribution >= 0.6 is 0 Å². The molecule has 0 spiro atoms. The molecule has 0 saturated heterocycles. The Hall–Kier alpha value is -1.20. The second-order valence-corrected chi connectivity index (χ2v) is 6.28. The lowest BCUT2D eigenvalue weighted by atomic mass is 9.96. The van der Waals surface area contributed by atoms with E-state index in [0.717, 1.165) is 31.0 Å². The van der Waals surface area contributed by atoms with Crippen molar-refractivity contribution in [2.75, 3.05) is 31.7 Å². The van der Waals surface area contributed by atoms with Crippen LogP contribution in [-0.2, 0) is 11.3 Å². The average molecular weight is 281 g/mol. The topological polar surface area (TPSA) is 58.5 Å². The number of aromatic nitrogens is 2. The van der Waals surface area contributed by atoms with Crippen molar-refractivity contribution in [3.63, 3.8) is 0 Å². The summed E-state index contributed by atoms with van der Waals surface area (Å²) in [5.41, 5.74) is 1.10. The molecule has 0 atom stereocenters. The highest BCUT2D eigenvalue weighted by atomic mass is 16.5. The molecule has 0 aliphatic heterocycles. The van der Waals surface area contributed by atoms with E-state index in [-0.39, 0.29) is 12.0 Å². The van der Waals surface area contributed by atoms with Gasteiger partial charge in [0.15, 0.2) is 5.82 Å². The second-order valence-electron chi connectivity index (χ2n) is 6.28. The van der Waals surface area contributed by atoms with Gasteiger partial charge in [0.1, 0.15) is 12.4 Å². The van der Waals surface area contributed by atoms with Gasteiger partial charge in [0, 0.05) is 38.6 Å². The van der Waals surface area contributed by atoms with Gasteiger partial charge in [-0.3, -0.25) is 0 Å². The molecule has 0 radical (unpaired) electrons. The summed E-state index contributed by atoms with van der Waals surface area (Å²) in [7, 11) is 1.64. The molecule has 0 unspecified atom stereocenters. The Morgan fingerprint density at radius 3 is 2.55 bits per heavy atom. The van der Waals surface area contributed by atoms with E-state index in [1.807, 2.05) is 13.0 Å². The van der Waals surface area contributed by atoms with Crippen LogP contribution in [0.25, 0.3) is 0 Å². The van der Waals surface area contributed by atoms with Gasteiger partial charge >= 0.3 is 0 Å². The number of rotatable bonds is 7. The molecule has 0 saturated carbocycles. The number of methoxy groups -OCH3 is 1. The molecule has 0 aromatic carbocycles. The number of ether oxygens (including phenoxy) is 1. The van der Waals surface area contributed by atoms with Crippen molar-refractivity contribution in [2.45, 2.75) is 40.7 Å². The Labute approximate surface area is 122 Å². The third kappa shape index (κ3) is 5.84. The number of aryl methyl sites for hydroxylation is 1. The SMILES string of the molecule is COCc1nc(C)cc(N(CCCO)CC(C)(C)C)n1. The summed E-state index contributed by atoms with van der Waals surface area (Å²) in [6, 6.07) is 1.99. The first kappa shape index (κ1) is 16.9. The van der Waals surface area contributed by atoms with Crippen molar-refractivity contribution >= 4 is 5.82 Å². The van der Waals surface area contributed by atoms with Crippen LogP contribution in [0.15, 0.2) is 6.07 Å². The lowest BCUT2D eigenvalue weighted by molar-refractivity contribution is 0.177. The maximum absolute atomic E-state index is 9.07. The first-order chi connectivity index (χ1) is 9.35.